The van der Waals surface area contributed by atoms with Gasteiger partial charge in [-0.25, -0.2) is 9.97 Å². The molecule has 0 saturated carbocycles. The number of pyridine rings is 2. The van der Waals surface area contributed by atoms with Gasteiger partial charge in [-0.1, -0.05) is 0 Å². The Hall–Kier alpha value is -4.48. The number of nitrogens with one attached hydrogen (secondary N) is 2. The van der Waals surface area contributed by atoms with E-state index >= 15 is 0 Å². The van der Waals surface area contributed by atoms with Crippen LogP contribution in [-0.4, -0.2) is 57.3 Å². The zero-order chi connectivity index (χ0) is 31.1. The van der Waals surface area contributed by atoms with Crippen LogP contribution >= 0.6 is 22.7 Å². The highest BCUT2D eigenvalue weighted by Gasteiger charge is 2.27. The van der Waals surface area contributed by atoms with Crippen molar-refractivity contribution in [2.24, 2.45) is 0 Å². The zero-order valence-electron chi connectivity index (χ0n) is 23.4. The highest BCUT2D eigenvalue weighted by Crippen LogP contribution is 2.37. The summed E-state index contributed by atoms with van der Waals surface area (Å²) in [5.74, 6) is 0. The number of aromatic nitrogens is 2. The molecule has 2 fully saturated rings. The molecule has 0 radical (unpaired) electrons. The van der Waals surface area contributed by atoms with Gasteiger partial charge in [-0.05, 0) is 48.6 Å². The second kappa shape index (κ2) is 14.3. The molecule has 4 atom stereocenters. The maximum atomic E-state index is 11.2. The van der Waals surface area contributed by atoms with Crippen molar-refractivity contribution in [3.05, 3.63) is 55.5 Å². The average Bonchev–Trinajstić information content (AvgIpc) is 3.70. The SMILES string of the molecule is N#CC[C@@H]1CC[C@H](Nc2c([N+](=O)[O-])cnc3ccsc23)CO1.N#CC[C@H]1CC[C@H](Nc2c([N+](=O)[O-])cnc3ccsc23)CO1. The molecule has 6 heterocycles. The second-order valence-electron chi connectivity index (χ2n) is 10.3. The van der Waals surface area contributed by atoms with Gasteiger partial charge in [0.1, 0.15) is 23.8 Å². The molecule has 2 aliphatic rings. The Bertz CT molecular complexity index is 1590. The van der Waals surface area contributed by atoms with E-state index in [-0.39, 0.29) is 35.7 Å². The van der Waals surface area contributed by atoms with Crippen molar-refractivity contribution in [2.75, 3.05) is 23.8 Å². The molecule has 4 aromatic rings. The summed E-state index contributed by atoms with van der Waals surface area (Å²) in [5.41, 5.74) is 2.48. The molecule has 0 bridgehead atoms. The molecule has 0 spiro atoms. The number of hydrogen-bond acceptors (Lipinski definition) is 14. The van der Waals surface area contributed by atoms with Crippen LogP contribution in [0.15, 0.2) is 35.3 Å². The topological polar surface area (TPSA) is 202 Å². The second-order valence-corrected chi connectivity index (χ2v) is 12.1. The summed E-state index contributed by atoms with van der Waals surface area (Å²) in [6.45, 7) is 0.886. The van der Waals surface area contributed by atoms with Crippen molar-refractivity contribution in [3.63, 3.8) is 0 Å². The van der Waals surface area contributed by atoms with Gasteiger partial charge >= 0.3 is 11.4 Å². The molecule has 6 rings (SSSR count). The number of nitro groups is 2. The maximum absolute atomic E-state index is 11.2. The van der Waals surface area contributed by atoms with Crippen LogP contribution < -0.4 is 10.6 Å². The van der Waals surface area contributed by atoms with E-state index < -0.39 is 9.85 Å². The van der Waals surface area contributed by atoms with Gasteiger partial charge in [0.25, 0.3) is 0 Å². The molecule has 228 valence electrons. The van der Waals surface area contributed by atoms with Gasteiger partial charge in [0, 0.05) is 12.1 Å². The zero-order valence-corrected chi connectivity index (χ0v) is 25.0. The van der Waals surface area contributed by atoms with Crippen molar-refractivity contribution < 1.29 is 19.3 Å². The Morgan fingerprint density at radius 3 is 1.57 bits per heavy atom. The molecule has 0 unspecified atom stereocenters. The smallest absolute Gasteiger partial charge is 0.311 e. The van der Waals surface area contributed by atoms with Gasteiger partial charge in [-0.3, -0.25) is 20.2 Å². The van der Waals surface area contributed by atoms with E-state index in [0.29, 0.717) is 37.4 Å². The highest BCUT2D eigenvalue weighted by atomic mass is 32.1. The van der Waals surface area contributed by atoms with Crippen LogP contribution in [0.4, 0.5) is 22.7 Å². The number of hydrogen-bond donors (Lipinski definition) is 2. The summed E-state index contributed by atoms with van der Waals surface area (Å²) in [4.78, 5) is 29.8. The van der Waals surface area contributed by atoms with E-state index in [4.69, 9.17) is 20.0 Å². The van der Waals surface area contributed by atoms with Crippen LogP contribution in [0.1, 0.15) is 38.5 Å². The van der Waals surface area contributed by atoms with Crippen molar-refractivity contribution >= 4 is 65.9 Å². The summed E-state index contributed by atoms with van der Waals surface area (Å²) in [6, 6.07) is 7.90. The van der Waals surface area contributed by atoms with Gasteiger partial charge in [0.2, 0.25) is 0 Å². The summed E-state index contributed by atoms with van der Waals surface area (Å²) in [6.07, 6.45) is 6.48. The number of nitriles is 2. The van der Waals surface area contributed by atoms with Gasteiger partial charge in [-0.15, -0.1) is 22.7 Å². The molecule has 0 aromatic carbocycles. The Labute approximate surface area is 259 Å². The molecular formula is C28H28N8O6S2. The average molecular weight is 637 g/mol. The highest BCUT2D eigenvalue weighted by molar-refractivity contribution is 7.18. The summed E-state index contributed by atoms with van der Waals surface area (Å²) >= 11 is 2.86. The van der Waals surface area contributed by atoms with Crippen LogP contribution in [-0.2, 0) is 9.47 Å². The van der Waals surface area contributed by atoms with Crippen LogP contribution in [0.5, 0.6) is 0 Å². The number of nitrogens with zero attached hydrogens (tertiary/aromatic N) is 6. The third-order valence-corrected chi connectivity index (χ3v) is 9.22. The molecule has 0 aliphatic carbocycles. The number of ether oxygens (including phenoxy) is 2. The van der Waals surface area contributed by atoms with E-state index in [1.807, 2.05) is 22.9 Å². The molecule has 14 nitrogen and oxygen atoms in total. The molecule has 2 aliphatic heterocycles. The fraction of sp³-hybridized carbons (Fsp3) is 0.429. The normalized spacial score (nSPS) is 21.4. The molecule has 0 amide bonds. The minimum atomic E-state index is -0.420. The van der Waals surface area contributed by atoms with Gasteiger partial charge < -0.3 is 20.1 Å². The summed E-state index contributed by atoms with van der Waals surface area (Å²) in [7, 11) is 0. The molecule has 2 N–H and O–H groups in total. The van der Waals surface area contributed by atoms with Crippen molar-refractivity contribution in [1.29, 1.82) is 10.5 Å². The lowest BCUT2D eigenvalue weighted by Crippen LogP contribution is -2.34. The minimum Gasteiger partial charge on any atom is -0.375 e. The van der Waals surface area contributed by atoms with Crippen molar-refractivity contribution in [2.45, 2.75) is 62.8 Å². The summed E-state index contributed by atoms with van der Waals surface area (Å²) in [5, 5.41) is 50.1. The van der Waals surface area contributed by atoms with Gasteiger partial charge in [0.15, 0.2) is 0 Å². The quantitative estimate of drug-likeness (QED) is 0.165. The monoisotopic (exact) mass is 636 g/mol. The first kappa shape index (κ1) is 31.0. The van der Waals surface area contributed by atoms with Crippen molar-refractivity contribution in [3.8, 4) is 12.1 Å². The largest absolute Gasteiger partial charge is 0.375 e. The van der Waals surface area contributed by atoms with Crippen LogP contribution in [0.25, 0.3) is 20.4 Å². The van der Waals surface area contributed by atoms with E-state index in [2.05, 4.69) is 32.7 Å². The van der Waals surface area contributed by atoms with Crippen molar-refractivity contribution in [1.82, 2.24) is 9.97 Å². The third kappa shape index (κ3) is 7.17. The van der Waals surface area contributed by atoms with Gasteiger partial charge in [-0.2, -0.15) is 10.5 Å². The lowest BCUT2D eigenvalue weighted by atomic mass is 10.0. The van der Waals surface area contributed by atoms with Crippen LogP contribution in [0, 0.1) is 42.9 Å². The molecular weight excluding hydrogens is 608 g/mol. The summed E-state index contributed by atoms with van der Waals surface area (Å²) < 4.78 is 12.8. The molecule has 4 aromatic heterocycles. The lowest BCUT2D eigenvalue weighted by molar-refractivity contribution is -0.384. The van der Waals surface area contributed by atoms with Crippen LogP contribution in [0.3, 0.4) is 0 Å². The first-order chi connectivity index (χ1) is 21.4. The van der Waals surface area contributed by atoms with Crippen LogP contribution in [0.2, 0.25) is 0 Å². The Morgan fingerprint density at radius 2 is 1.23 bits per heavy atom. The van der Waals surface area contributed by atoms with E-state index in [1.165, 1.54) is 35.1 Å². The fourth-order valence-corrected chi connectivity index (χ4v) is 6.85. The Kier molecular flexibility index (Phi) is 10.1. The van der Waals surface area contributed by atoms with E-state index in [1.54, 1.807) is 0 Å². The Balaban J connectivity index is 0.000000175. The standard InChI is InChI=1S/2C14H14N4O3S/c2*15-5-3-10-2-1-9(8-21-10)17-13-12(18(19)20)7-16-11-4-6-22-14(11)13/h2*4,6-7,9-10H,1-3,8H2,(H,16,17)/t9-,10+;9-,10-/m00/s1. The minimum absolute atomic E-state index is 0.00124. The lowest BCUT2D eigenvalue weighted by Gasteiger charge is -2.29. The number of fused-ring (bicyclic) bond motifs is 2. The number of rotatable bonds is 8. The maximum Gasteiger partial charge on any atom is 0.311 e. The first-order valence-electron chi connectivity index (χ1n) is 13.9. The fourth-order valence-electron chi connectivity index (χ4n) is 5.13. The molecule has 16 heteroatoms. The van der Waals surface area contributed by atoms with E-state index in [9.17, 15) is 20.2 Å². The Morgan fingerprint density at radius 1 is 0.795 bits per heavy atom. The predicted octanol–water partition coefficient (Wildman–Crippen LogP) is 6.16. The number of anilines is 2. The predicted molar refractivity (Wildman–Crippen MR) is 166 cm³/mol. The number of thiophene rings is 2. The first-order valence-corrected chi connectivity index (χ1v) is 15.6. The molecule has 44 heavy (non-hydrogen) atoms. The third-order valence-electron chi connectivity index (χ3n) is 7.38. The van der Waals surface area contributed by atoms with E-state index in [0.717, 1.165) is 46.1 Å². The molecule has 2 saturated heterocycles. The van der Waals surface area contributed by atoms with Gasteiger partial charge in [0.05, 0.1) is 80.7 Å².